The molecule has 4 aliphatic heterocycles. The third-order valence-electron chi connectivity index (χ3n) is 13.3. The lowest BCUT2D eigenvalue weighted by atomic mass is 10.0. The van der Waals surface area contributed by atoms with Gasteiger partial charge in [-0.05, 0) is 116 Å². The number of ether oxygens (including phenoxy) is 1. The third kappa shape index (κ3) is 11.8. The standard InChI is InChI=1S/C50H58F2N10O5/c51-36-27-35(28-37(52)30-36)26-34-5-10-43-42(29-34)48(58-57-43)56-49(65)41-9-8-40(31-45(41)54-39-13-24-67-25-14-39)61-20-22-62(23-21-61)47(64)32-60-18-16-59(17-19-60)15-1-2-33-3-6-38(7-4-33)53-44-11-12-46(63)55-50(44)66/h3-10,27-31,39,44,53-54H,1-2,11-26,32H2,(H,55,63,66)(H2,56,57,58,65). The number of aromatic amines is 1. The van der Waals surface area contributed by atoms with Crippen molar-refractivity contribution < 1.29 is 32.7 Å². The first kappa shape index (κ1) is 45.7. The van der Waals surface area contributed by atoms with E-state index >= 15 is 0 Å². The summed E-state index contributed by atoms with van der Waals surface area (Å²) < 4.78 is 33.4. The van der Waals surface area contributed by atoms with Crippen molar-refractivity contribution in [3.63, 3.8) is 0 Å². The molecular weight excluding hydrogens is 859 g/mol. The summed E-state index contributed by atoms with van der Waals surface area (Å²) in [6.07, 6.45) is 4.76. The van der Waals surface area contributed by atoms with Crippen LogP contribution in [0.15, 0.2) is 78.9 Å². The molecule has 1 unspecified atom stereocenters. The Morgan fingerprint density at radius 2 is 1.49 bits per heavy atom. The fourth-order valence-corrected chi connectivity index (χ4v) is 9.48. The van der Waals surface area contributed by atoms with Crippen LogP contribution in [0.1, 0.15) is 59.2 Å². The number of carbonyl (C=O) groups is 4. The lowest BCUT2D eigenvalue weighted by molar-refractivity contribution is -0.134. The van der Waals surface area contributed by atoms with Crippen LogP contribution < -0.4 is 26.2 Å². The molecule has 4 saturated heterocycles. The zero-order valence-electron chi connectivity index (χ0n) is 37.6. The van der Waals surface area contributed by atoms with E-state index in [4.69, 9.17) is 4.74 Å². The second-order valence-corrected chi connectivity index (χ2v) is 18.1. The van der Waals surface area contributed by atoms with E-state index in [1.54, 1.807) is 0 Å². The van der Waals surface area contributed by atoms with Gasteiger partial charge in [0.15, 0.2) is 5.82 Å². The van der Waals surface area contributed by atoms with Gasteiger partial charge >= 0.3 is 0 Å². The lowest BCUT2D eigenvalue weighted by Gasteiger charge is -2.39. The van der Waals surface area contributed by atoms with Crippen molar-refractivity contribution in [1.82, 2.24) is 30.2 Å². The molecule has 5 N–H and O–H groups in total. The van der Waals surface area contributed by atoms with Crippen LogP contribution in [0.3, 0.4) is 0 Å². The van der Waals surface area contributed by atoms with E-state index in [0.717, 1.165) is 81.4 Å². The number of H-pyrrole nitrogens is 1. The predicted molar refractivity (Wildman–Crippen MR) is 253 cm³/mol. The van der Waals surface area contributed by atoms with Crippen LogP contribution in [0, 0.1) is 11.6 Å². The Labute approximate surface area is 388 Å². The van der Waals surface area contributed by atoms with E-state index in [9.17, 15) is 28.0 Å². The van der Waals surface area contributed by atoms with Crippen molar-refractivity contribution >= 4 is 57.4 Å². The number of hydrogen-bond acceptors (Lipinski definition) is 11. The molecule has 4 amide bonds. The maximum absolute atomic E-state index is 14.0. The highest BCUT2D eigenvalue weighted by atomic mass is 19.1. The van der Waals surface area contributed by atoms with Crippen molar-refractivity contribution in [1.29, 1.82) is 0 Å². The number of amides is 4. The molecule has 67 heavy (non-hydrogen) atoms. The normalized spacial score (nSPS) is 18.8. The minimum Gasteiger partial charge on any atom is -0.381 e. The summed E-state index contributed by atoms with van der Waals surface area (Å²) in [5.41, 5.74) is 6.29. The molecule has 0 aliphatic carbocycles. The van der Waals surface area contributed by atoms with Gasteiger partial charge in [-0.3, -0.25) is 34.5 Å². The molecule has 5 heterocycles. The number of anilines is 4. The molecule has 0 spiro atoms. The monoisotopic (exact) mass is 916 g/mol. The number of carbonyl (C=O) groups excluding carboxylic acids is 4. The van der Waals surface area contributed by atoms with Crippen LogP contribution >= 0.6 is 0 Å². The van der Waals surface area contributed by atoms with Gasteiger partial charge in [-0.25, -0.2) is 8.78 Å². The van der Waals surface area contributed by atoms with Gasteiger partial charge in [0.05, 0.1) is 17.6 Å². The minimum absolute atomic E-state index is 0.135. The second-order valence-electron chi connectivity index (χ2n) is 18.1. The molecule has 0 bridgehead atoms. The van der Waals surface area contributed by atoms with Crippen LogP contribution in [0.2, 0.25) is 0 Å². The average molecular weight is 917 g/mol. The SMILES string of the molecule is O=C1CCC(Nc2ccc(CCCN3CCN(CC(=O)N4CCN(c5ccc(C(=O)Nc6n[nH]c7ccc(Cc8cc(F)cc(F)c8)cc67)c(NC6CCOCC6)c5)CC4)CC3)cc2)C(=O)N1. The number of imide groups is 1. The number of hydrogen-bond donors (Lipinski definition) is 5. The van der Waals surface area contributed by atoms with Crippen molar-refractivity contribution in [2.75, 3.05) is 99.5 Å². The molecule has 17 heteroatoms. The molecule has 4 aliphatic rings. The van der Waals surface area contributed by atoms with Crippen molar-refractivity contribution in [2.24, 2.45) is 0 Å². The Balaban J connectivity index is 0.747. The number of benzene rings is 4. The Hall–Kier alpha value is -6.43. The van der Waals surface area contributed by atoms with Crippen molar-refractivity contribution in [2.45, 2.75) is 57.0 Å². The summed E-state index contributed by atoms with van der Waals surface area (Å²) in [6, 6.07) is 22.8. The smallest absolute Gasteiger partial charge is 0.258 e. The Morgan fingerprint density at radius 3 is 2.24 bits per heavy atom. The van der Waals surface area contributed by atoms with Gasteiger partial charge in [-0.2, -0.15) is 5.10 Å². The summed E-state index contributed by atoms with van der Waals surface area (Å²) in [7, 11) is 0. The van der Waals surface area contributed by atoms with Crippen molar-refractivity contribution in [3.8, 4) is 0 Å². The van der Waals surface area contributed by atoms with E-state index in [0.29, 0.717) is 98.7 Å². The van der Waals surface area contributed by atoms with Crippen LogP contribution in [0.25, 0.3) is 10.9 Å². The summed E-state index contributed by atoms with van der Waals surface area (Å²) in [4.78, 5) is 60.1. The number of piperazine rings is 2. The fraction of sp³-hybridized carbons (Fsp3) is 0.420. The van der Waals surface area contributed by atoms with Gasteiger partial charge < -0.3 is 35.4 Å². The lowest BCUT2D eigenvalue weighted by Crippen LogP contribution is -2.54. The van der Waals surface area contributed by atoms with Crippen LogP contribution in [0.4, 0.5) is 31.7 Å². The highest BCUT2D eigenvalue weighted by Gasteiger charge is 2.28. The van der Waals surface area contributed by atoms with Gasteiger partial charge in [0.25, 0.3) is 5.91 Å². The molecule has 15 nitrogen and oxygen atoms in total. The zero-order chi connectivity index (χ0) is 46.3. The van der Waals surface area contributed by atoms with E-state index < -0.39 is 17.7 Å². The first-order valence-electron chi connectivity index (χ1n) is 23.5. The maximum Gasteiger partial charge on any atom is 0.258 e. The maximum atomic E-state index is 14.0. The quantitative estimate of drug-likeness (QED) is 0.0856. The molecule has 352 valence electrons. The van der Waals surface area contributed by atoms with Gasteiger partial charge in [0.1, 0.15) is 17.7 Å². The summed E-state index contributed by atoms with van der Waals surface area (Å²) >= 11 is 0. The average Bonchev–Trinajstić information content (AvgIpc) is 3.72. The summed E-state index contributed by atoms with van der Waals surface area (Å²) in [5.74, 6) is -1.57. The van der Waals surface area contributed by atoms with E-state index in [1.807, 2.05) is 53.4 Å². The Bertz CT molecular complexity index is 2550. The third-order valence-corrected chi connectivity index (χ3v) is 13.3. The van der Waals surface area contributed by atoms with Gasteiger partial charge in [-0.15, -0.1) is 0 Å². The molecule has 4 fully saturated rings. The molecular formula is C50H58F2N10O5. The molecule has 9 rings (SSSR count). The molecule has 0 radical (unpaired) electrons. The Morgan fingerprint density at radius 1 is 0.761 bits per heavy atom. The Kier molecular flexibility index (Phi) is 14.4. The van der Waals surface area contributed by atoms with Gasteiger partial charge in [-0.1, -0.05) is 18.2 Å². The van der Waals surface area contributed by atoms with Crippen LogP contribution in [0.5, 0.6) is 0 Å². The largest absolute Gasteiger partial charge is 0.381 e. The number of nitrogens with one attached hydrogen (secondary N) is 5. The van der Waals surface area contributed by atoms with Crippen molar-refractivity contribution in [3.05, 3.63) is 113 Å². The highest BCUT2D eigenvalue weighted by Crippen LogP contribution is 2.30. The fourth-order valence-electron chi connectivity index (χ4n) is 9.48. The summed E-state index contributed by atoms with van der Waals surface area (Å²) in [5, 5.41) is 20.3. The van der Waals surface area contributed by atoms with Gasteiger partial charge in [0.2, 0.25) is 17.7 Å². The minimum atomic E-state index is -0.632. The number of fused-ring (bicyclic) bond motifs is 1. The zero-order valence-corrected chi connectivity index (χ0v) is 37.6. The number of nitrogens with zero attached hydrogens (tertiary/aromatic N) is 5. The van der Waals surface area contributed by atoms with Crippen LogP contribution in [-0.2, 0) is 32.0 Å². The summed E-state index contributed by atoms with van der Waals surface area (Å²) in [6.45, 7) is 8.81. The number of aryl methyl sites for hydroxylation is 1. The van der Waals surface area contributed by atoms with Gasteiger partial charge in [0, 0.05) is 107 Å². The first-order chi connectivity index (χ1) is 32.6. The molecule has 1 atom stereocenters. The number of aromatic nitrogens is 2. The molecule has 5 aromatic rings. The highest BCUT2D eigenvalue weighted by molar-refractivity contribution is 6.11. The number of rotatable bonds is 15. The molecule has 0 saturated carbocycles. The van der Waals surface area contributed by atoms with E-state index in [2.05, 4.69) is 58.3 Å². The van der Waals surface area contributed by atoms with Crippen LogP contribution in [-0.4, -0.2) is 139 Å². The van der Waals surface area contributed by atoms with E-state index in [1.165, 1.54) is 17.7 Å². The molecule has 1 aromatic heterocycles. The predicted octanol–water partition coefficient (Wildman–Crippen LogP) is 5.39. The first-order valence-corrected chi connectivity index (χ1v) is 23.5. The number of halogens is 2. The number of piperidine rings is 1. The molecule has 4 aromatic carbocycles. The second kappa shape index (κ2) is 21.0. The van der Waals surface area contributed by atoms with E-state index in [-0.39, 0.29) is 29.7 Å². The topological polar surface area (TPSA) is 167 Å².